The molecule has 94 valence electrons. The van der Waals surface area contributed by atoms with Crippen molar-refractivity contribution < 1.29 is 9.90 Å². The second-order valence-electron chi connectivity index (χ2n) is 4.24. The monoisotopic (exact) mass is 253 g/mol. The third-order valence-corrected chi connectivity index (χ3v) is 2.90. The Hall–Kier alpha value is -2.69. The van der Waals surface area contributed by atoms with Gasteiger partial charge >= 0.3 is 5.97 Å². The summed E-state index contributed by atoms with van der Waals surface area (Å²) in [4.78, 5) is 22.0. The number of hydrogen-bond acceptors (Lipinski definition) is 3. The molecule has 2 heterocycles. The first-order valence-corrected chi connectivity index (χ1v) is 5.82. The molecule has 0 amide bonds. The van der Waals surface area contributed by atoms with E-state index in [4.69, 9.17) is 5.11 Å². The van der Waals surface area contributed by atoms with Gasteiger partial charge in [-0.25, -0.2) is 4.98 Å². The Balaban J connectivity index is 2.02. The first-order valence-electron chi connectivity index (χ1n) is 5.82. The summed E-state index contributed by atoms with van der Waals surface area (Å²) in [6, 6.07) is 9.54. The number of aromatic nitrogens is 3. The van der Waals surface area contributed by atoms with E-state index in [0.29, 0.717) is 5.69 Å². The van der Waals surface area contributed by atoms with Crippen molar-refractivity contribution in [3.05, 3.63) is 48.5 Å². The SMILES string of the molecule is O=C(O)Cc1cc(-c2ccc3nc[nH]c3c2)ccn1. The second-order valence-corrected chi connectivity index (χ2v) is 4.24. The molecular formula is C14H11N3O2. The third-order valence-electron chi connectivity index (χ3n) is 2.90. The van der Waals surface area contributed by atoms with Crippen LogP contribution in [0.5, 0.6) is 0 Å². The number of H-pyrrole nitrogens is 1. The maximum atomic E-state index is 10.7. The molecule has 5 nitrogen and oxygen atoms in total. The molecule has 0 radical (unpaired) electrons. The molecule has 3 aromatic rings. The Morgan fingerprint density at radius 2 is 2.00 bits per heavy atom. The lowest BCUT2D eigenvalue weighted by molar-refractivity contribution is -0.136. The fraction of sp³-hybridized carbons (Fsp3) is 0.0714. The highest BCUT2D eigenvalue weighted by Gasteiger charge is 2.05. The van der Waals surface area contributed by atoms with Crippen LogP contribution in [0.15, 0.2) is 42.9 Å². The van der Waals surface area contributed by atoms with Crippen LogP contribution in [-0.4, -0.2) is 26.0 Å². The van der Waals surface area contributed by atoms with Crippen LogP contribution < -0.4 is 0 Å². The lowest BCUT2D eigenvalue weighted by atomic mass is 10.0. The number of nitrogens with zero attached hydrogens (tertiary/aromatic N) is 2. The number of aromatic amines is 1. The van der Waals surface area contributed by atoms with Gasteiger partial charge in [-0.1, -0.05) is 6.07 Å². The van der Waals surface area contributed by atoms with Gasteiger partial charge in [0, 0.05) is 6.20 Å². The smallest absolute Gasteiger partial charge is 0.309 e. The largest absolute Gasteiger partial charge is 0.481 e. The lowest BCUT2D eigenvalue weighted by Crippen LogP contribution is -2.02. The minimum Gasteiger partial charge on any atom is -0.481 e. The van der Waals surface area contributed by atoms with Gasteiger partial charge in [-0.05, 0) is 35.4 Å². The molecule has 5 heteroatoms. The van der Waals surface area contributed by atoms with Crippen LogP contribution in [0.2, 0.25) is 0 Å². The minimum atomic E-state index is -0.881. The number of carboxylic acids is 1. The van der Waals surface area contributed by atoms with E-state index in [1.54, 1.807) is 18.6 Å². The highest BCUT2D eigenvalue weighted by atomic mass is 16.4. The van der Waals surface area contributed by atoms with Crippen molar-refractivity contribution in [1.29, 1.82) is 0 Å². The van der Waals surface area contributed by atoms with Crippen molar-refractivity contribution in [2.24, 2.45) is 0 Å². The first kappa shape index (κ1) is 11.4. The zero-order chi connectivity index (χ0) is 13.2. The lowest BCUT2D eigenvalue weighted by Gasteiger charge is -2.03. The molecule has 2 N–H and O–H groups in total. The molecule has 0 spiro atoms. The fourth-order valence-electron chi connectivity index (χ4n) is 2.02. The Bertz CT molecular complexity index is 749. The van der Waals surface area contributed by atoms with E-state index in [1.807, 2.05) is 24.3 Å². The average Bonchev–Trinajstić information content (AvgIpc) is 2.85. The van der Waals surface area contributed by atoms with E-state index in [9.17, 15) is 4.79 Å². The Morgan fingerprint density at radius 1 is 1.16 bits per heavy atom. The van der Waals surface area contributed by atoms with Gasteiger partial charge in [0.25, 0.3) is 0 Å². The number of hydrogen-bond donors (Lipinski definition) is 2. The highest BCUT2D eigenvalue weighted by Crippen LogP contribution is 2.23. The normalized spacial score (nSPS) is 10.7. The van der Waals surface area contributed by atoms with E-state index in [2.05, 4.69) is 15.0 Å². The fourth-order valence-corrected chi connectivity index (χ4v) is 2.02. The number of nitrogens with one attached hydrogen (secondary N) is 1. The van der Waals surface area contributed by atoms with Gasteiger partial charge in [0.15, 0.2) is 0 Å². The molecule has 1 aromatic carbocycles. The average molecular weight is 253 g/mol. The summed E-state index contributed by atoms with van der Waals surface area (Å²) in [5.41, 5.74) is 4.36. The van der Waals surface area contributed by atoms with Crippen molar-refractivity contribution in [2.45, 2.75) is 6.42 Å². The van der Waals surface area contributed by atoms with Crippen LogP contribution in [0.4, 0.5) is 0 Å². The topological polar surface area (TPSA) is 78.9 Å². The van der Waals surface area contributed by atoms with Crippen LogP contribution in [0.3, 0.4) is 0 Å². The van der Waals surface area contributed by atoms with Crippen molar-refractivity contribution in [1.82, 2.24) is 15.0 Å². The summed E-state index contributed by atoms with van der Waals surface area (Å²) in [6.45, 7) is 0. The van der Waals surface area contributed by atoms with Gasteiger partial charge in [-0.3, -0.25) is 9.78 Å². The number of carboxylic acid groups (broad SMARTS) is 1. The predicted octanol–water partition coefficient (Wildman–Crippen LogP) is 2.25. The first-order chi connectivity index (χ1) is 9.22. The molecule has 19 heavy (non-hydrogen) atoms. The number of imidazole rings is 1. The molecule has 3 rings (SSSR count). The van der Waals surface area contributed by atoms with Crippen LogP contribution in [0.1, 0.15) is 5.69 Å². The Morgan fingerprint density at radius 3 is 2.84 bits per heavy atom. The van der Waals surface area contributed by atoms with Crippen molar-refractivity contribution in [3.8, 4) is 11.1 Å². The Labute approximate surface area is 109 Å². The van der Waals surface area contributed by atoms with E-state index >= 15 is 0 Å². The van der Waals surface area contributed by atoms with Crippen LogP contribution in [0, 0.1) is 0 Å². The molecule has 0 aliphatic heterocycles. The number of pyridine rings is 1. The summed E-state index contributed by atoms with van der Waals surface area (Å²) >= 11 is 0. The van der Waals surface area contributed by atoms with Crippen molar-refractivity contribution >= 4 is 17.0 Å². The number of carbonyl (C=O) groups is 1. The van der Waals surface area contributed by atoms with E-state index in [-0.39, 0.29) is 6.42 Å². The molecule has 0 fully saturated rings. The van der Waals surface area contributed by atoms with Gasteiger partial charge < -0.3 is 10.1 Å². The molecule has 0 aliphatic rings. The van der Waals surface area contributed by atoms with Gasteiger partial charge in [0.2, 0.25) is 0 Å². The van der Waals surface area contributed by atoms with Gasteiger partial charge in [-0.15, -0.1) is 0 Å². The molecule has 0 bridgehead atoms. The van der Waals surface area contributed by atoms with Crippen LogP contribution in [-0.2, 0) is 11.2 Å². The van der Waals surface area contributed by atoms with Crippen LogP contribution >= 0.6 is 0 Å². The summed E-state index contributed by atoms with van der Waals surface area (Å²) in [5, 5.41) is 8.79. The van der Waals surface area contributed by atoms with E-state index in [0.717, 1.165) is 22.2 Å². The standard InChI is InChI=1S/C14H11N3O2/c18-14(19)7-11-5-10(3-4-15-11)9-1-2-12-13(6-9)17-8-16-12/h1-6,8H,7H2,(H,16,17)(H,18,19). The summed E-state index contributed by atoms with van der Waals surface area (Å²) in [7, 11) is 0. The summed E-state index contributed by atoms with van der Waals surface area (Å²) in [6.07, 6.45) is 3.21. The minimum absolute atomic E-state index is 0.0693. The summed E-state index contributed by atoms with van der Waals surface area (Å²) < 4.78 is 0. The highest BCUT2D eigenvalue weighted by molar-refractivity contribution is 5.81. The molecule has 0 saturated heterocycles. The zero-order valence-corrected chi connectivity index (χ0v) is 10.00. The van der Waals surface area contributed by atoms with Crippen molar-refractivity contribution in [2.75, 3.05) is 0 Å². The number of aliphatic carboxylic acids is 1. The number of rotatable bonds is 3. The maximum absolute atomic E-state index is 10.7. The molecular weight excluding hydrogens is 242 g/mol. The second kappa shape index (κ2) is 4.53. The van der Waals surface area contributed by atoms with E-state index < -0.39 is 5.97 Å². The van der Waals surface area contributed by atoms with Gasteiger partial charge in [0.05, 0.1) is 29.5 Å². The number of fused-ring (bicyclic) bond motifs is 1. The molecule has 0 aliphatic carbocycles. The zero-order valence-electron chi connectivity index (χ0n) is 10.00. The maximum Gasteiger partial charge on any atom is 0.309 e. The number of benzene rings is 1. The van der Waals surface area contributed by atoms with Crippen molar-refractivity contribution in [3.63, 3.8) is 0 Å². The third kappa shape index (κ3) is 2.30. The van der Waals surface area contributed by atoms with Gasteiger partial charge in [0.1, 0.15) is 0 Å². The molecule has 0 atom stereocenters. The molecule has 0 saturated carbocycles. The van der Waals surface area contributed by atoms with Crippen LogP contribution in [0.25, 0.3) is 22.2 Å². The predicted molar refractivity (Wildman–Crippen MR) is 70.7 cm³/mol. The quantitative estimate of drug-likeness (QED) is 0.750. The van der Waals surface area contributed by atoms with Gasteiger partial charge in [-0.2, -0.15) is 0 Å². The molecule has 0 unspecified atom stereocenters. The van der Waals surface area contributed by atoms with E-state index in [1.165, 1.54) is 0 Å². The summed E-state index contributed by atoms with van der Waals surface area (Å²) in [5.74, 6) is -0.881. The Kier molecular flexibility index (Phi) is 2.72. The molecule has 2 aromatic heterocycles.